The molecule has 26 heavy (non-hydrogen) atoms. The Morgan fingerprint density at radius 1 is 1.23 bits per heavy atom. The van der Waals surface area contributed by atoms with Gasteiger partial charge in [-0.25, -0.2) is 4.98 Å². The minimum Gasteiger partial charge on any atom is -0.481 e. The lowest BCUT2D eigenvalue weighted by Gasteiger charge is -2.16. The van der Waals surface area contributed by atoms with Crippen molar-refractivity contribution in [2.45, 2.75) is 12.8 Å². The minimum absolute atomic E-state index is 0.0177. The van der Waals surface area contributed by atoms with Crippen molar-refractivity contribution in [1.82, 2.24) is 15.2 Å². The van der Waals surface area contributed by atoms with Gasteiger partial charge in [0.25, 0.3) is 5.91 Å². The van der Waals surface area contributed by atoms with Gasteiger partial charge in [0.15, 0.2) is 0 Å². The molecule has 2 heterocycles. The highest BCUT2D eigenvalue weighted by Gasteiger charge is 2.31. The predicted molar refractivity (Wildman–Crippen MR) is 98.0 cm³/mol. The van der Waals surface area contributed by atoms with Gasteiger partial charge in [0.1, 0.15) is 0 Å². The molecule has 6 nitrogen and oxygen atoms in total. The Kier molecular flexibility index (Phi) is 5.84. The van der Waals surface area contributed by atoms with Gasteiger partial charge < -0.3 is 15.0 Å². The molecule has 2 amide bonds. The molecule has 136 valence electrons. The number of carbonyl (C=O) groups excluding carboxylic acids is 2. The molecule has 0 saturated carbocycles. The molecule has 1 fully saturated rings. The zero-order chi connectivity index (χ0) is 18.4. The summed E-state index contributed by atoms with van der Waals surface area (Å²) in [5.41, 5.74) is 1.71. The lowest BCUT2D eigenvalue weighted by molar-refractivity contribution is -0.124. The molecule has 2 aromatic rings. The number of aromatic nitrogens is 1. The maximum absolute atomic E-state index is 12.5. The highest BCUT2D eigenvalue weighted by atomic mass is 16.5. The van der Waals surface area contributed by atoms with Crippen molar-refractivity contribution in [3.05, 3.63) is 59.8 Å². The number of pyridine rings is 1. The summed E-state index contributed by atoms with van der Waals surface area (Å²) in [6, 6.07) is 13.4. The highest BCUT2D eigenvalue weighted by molar-refractivity contribution is 5.94. The number of rotatable bonds is 6. The lowest BCUT2D eigenvalue weighted by Crippen LogP contribution is -2.35. The third-order valence-corrected chi connectivity index (χ3v) is 4.59. The summed E-state index contributed by atoms with van der Waals surface area (Å²) >= 11 is 0. The smallest absolute Gasteiger partial charge is 0.255 e. The van der Waals surface area contributed by atoms with E-state index in [-0.39, 0.29) is 17.7 Å². The van der Waals surface area contributed by atoms with Crippen molar-refractivity contribution in [2.24, 2.45) is 5.92 Å². The summed E-state index contributed by atoms with van der Waals surface area (Å²) < 4.78 is 5.00. The second-order valence-electron chi connectivity index (χ2n) is 6.35. The van der Waals surface area contributed by atoms with Crippen LogP contribution in [-0.2, 0) is 11.2 Å². The van der Waals surface area contributed by atoms with Crippen molar-refractivity contribution >= 4 is 11.8 Å². The van der Waals surface area contributed by atoms with Crippen LogP contribution < -0.4 is 10.1 Å². The number of amides is 2. The van der Waals surface area contributed by atoms with E-state index >= 15 is 0 Å². The second kappa shape index (κ2) is 8.47. The molecule has 1 N–H and O–H groups in total. The molecule has 6 heteroatoms. The van der Waals surface area contributed by atoms with Crippen LogP contribution >= 0.6 is 0 Å². The first-order chi connectivity index (χ1) is 12.7. The molecule has 1 aromatic carbocycles. The monoisotopic (exact) mass is 353 g/mol. The molecule has 1 aromatic heterocycles. The molecular formula is C20H23N3O3. The molecule has 3 rings (SSSR count). The Morgan fingerprint density at radius 2 is 2.04 bits per heavy atom. The molecular weight excluding hydrogens is 330 g/mol. The number of methoxy groups -OCH3 is 1. The maximum atomic E-state index is 12.5. The Balaban J connectivity index is 1.47. The number of ether oxygens (including phenoxy) is 1. The summed E-state index contributed by atoms with van der Waals surface area (Å²) in [6.45, 7) is 1.64. The maximum Gasteiger partial charge on any atom is 0.255 e. The highest BCUT2D eigenvalue weighted by Crippen LogP contribution is 2.19. The predicted octanol–water partition coefficient (Wildman–Crippen LogP) is 1.91. The fourth-order valence-electron chi connectivity index (χ4n) is 3.09. The van der Waals surface area contributed by atoms with Crippen LogP contribution in [0.2, 0.25) is 0 Å². The molecule has 0 aliphatic carbocycles. The van der Waals surface area contributed by atoms with Gasteiger partial charge in [-0.3, -0.25) is 9.59 Å². The molecule has 1 unspecified atom stereocenters. The quantitative estimate of drug-likeness (QED) is 0.861. The van der Waals surface area contributed by atoms with Crippen molar-refractivity contribution in [1.29, 1.82) is 0 Å². The van der Waals surface area contributed by atoms with E-state index in [1.807, 2.05) is 30.3 Å². The Hall–Kier alpha value is -2.89. The van der Waals surface area contributed by atoms with Crippen LogP contribution in [-0.4, -0.2) is 48.4 Å². The van der Waals surface area contributed by atoms with Gasteiger partial charge in [-0.1, -0.05) is 30.3 Å². The van der Waals surface area contributed by atoms with Crippen LogP contribution in [0.1, 0.15) is 22.3 Å². The Morgan fingerprint density at radius 3 is 2.73 bits per heavy atom. The summed E-state index contributed by atoms with van der Waals surface area (Å²) in [5, 5.41) is 2.98. The van der Waals surface area contributed by atoms with Gasteiger partial charge in [0.05, 0.1) is 18.6 Å². The van der Waals surface area contributed by atoms with Crippen LogP contribution in [0.25, 0.3) is 0 Å². The first-order valence-corrected chi connectivity index (χ1v) is 8.78. The fraction of sp³-hybridized carbons (Fsp3) is 0.350. The number of hydrogen-bond acceptors (Lipinski definition) is 4. The van der Waals surface area contributed by atoms with E-state index in [1.165, 1.54) is 18.9 Å². The number of likely N-dealkylation sites (tertiary alicyclic amines) is 1. The van der Waals surface area contributed by atoms with E-state index in [0.29, 0.717) is 37.5 Å². The summed E-state index contributed by atoms with van der Waals surface area (Å²) in [6.07, 6.45) is 3.00. The van der Waals surface area contributed by atoms with E-state index in [9.17, 15) is 9.59 Å². The third kappa shape index (κ3) is 4.39. The molecule has 1 saturated heterocycles. The van der Waals surface area contributed by atoms with E-state index in [4.69, 9.17) is 4.74 Å². The van der Waals surface area contributed by atoms with Crippen molar-refractivity contribution in [3.8, 4) is 5.88 Å². The van der Waals surface area contributed by atoms with Gasteiger partial charge >= 0.3 is 0 Å². The van der Waals surface area contributed by atoms with Crippen molar-refractivity contribution in [2.75, 3.05) is 26.7 Å². The van der Waals surface area contributed by atoms with E-state index in [0.717, 1.165) is 6.42 Å². The van der Waals surface area contributed by atoms with E-state index in [2.05, 4.69) is 10.3 Å². The molecule has 0 spiro atoms. The fourth-order valence-corrected chi connectivity index (χ4v) is 3.09. The summed E-state index contributed by atoms with van der Waals surface area (Å²) in [4.78, 5) is 30.7. The summed E-state index contributed by atoms with van der Waals surface area (Å²) in [5.74, 6) is 0.239. The topological polar surface area (TPSA) is 71.5 Å². The second-order valence-corrected chi connectivity index (χ2v) is 6.35. The number of hydrogen-bond donors (Lipinski definition) is 1. The van der Waals surface area contributed by atoms with Crippen LogP contribution in [0, 0.1) is 5.92 Å². The third-order valence-electron chi connectivity index (χ3n) is 4.59. The number of nitrogens with one attached hydrogen (secondary N) is 1. The standard InChI is InChI=1S/C20H23N3O3/c1-26-18-8-7-16(13-22-18)20(25)23-12-10-17(14-23)19(24)21-11-9-15-5-3-2-4-6-15/h2-8,13,17H,9-12,14H2,1H3,(H,21,24). The number of nitrogens with zero attached hydrogens (tertiary/aromatic N) is 2. The lowest BCUT2D eigenvalue weighted by atomic mass is 10.1. The van der Waals surface area contributed by atoms with Crippen LogP contribution in [0.15, 0.2) is 48.7 Å². The first-order valence-electron chi connectivity index (χ1n) is 8.78. The summed E-state index contributed by atoms with van der Waals surface area (Å²) in [7, 11) is 1.53. The molecule has 1 aliphatic heterocycles. The molecule has 0 radical (unpaired) electrons. The number of carbonyl (C=O) groups is 2. The van der Waals surface area contributed by atoms with Gasteiger partial charge in [0.2, 0.25) is 11.8 Å². The zero-order valence-electron chi connectivity index (χ0n) is 14.9. The van der Waals surface area contributed by atoms with E-state index < -0.39 is 0 Å². The number of benzene rings is 1. The van der Waals surface area contributed by atoms with Gasteiger partial charge in [-0.05, 0) is 24.5 Å². The van der Waals surface area contributed by atoms with Crippen molar-refractivity contribution < 1.29 is 14.3 Å². The van der Waals surface area contributed by atoms with Gasteiger partial charge in [-0.15, -0.1) is 0 Å². The molecule has 0 bridgehead atoms. The Bertz CT molecular complexity index is 747. The first kappa shape index (κ1) is 17.9. The van der Waals surface area contributed by atoms with E-state index in [1.54, 1.807) is 17.0 Å². The van der Waals surface area contributed by atoms with Crippen LogP contribution in [0.5, 0.6) is 5.88 Å². The average molecular weight is 353 g/mol. The largest absolute Gasteiger partial charge is 0.481 e. The molecule has 1 aliphatic rings. The van der Waals surface area contributed by atoms with Crippen LogP contribution in [0.4, 0.5) is 0 Å². The van der Waals surface area contributed by atoms with Crippen molar-refractivity contribution in [3.63, 3.8) is 0 Å². The van der Waals surface area contributed by atoms with Gasteiger partial charge in [0, 0.05) is 31.9 Å². The average Bonchev–Trinajstić information content (AvgIpc) is 3.18. The zero-order valence-corrected chi connectivity index (χ0v) is 14.9. The van der Waals surface area contributed by atoms with Gasteiger partial charge in [-0.2, -0.15) is 0 Å². The Labute approximate surface area is 153 Å². The minimum atomic E-state index is -0.152. The SMILES string of the molecule is COc1ccc(C(=O)N2CCC(C(=O)NCCc3ccccc3)C2)cn1. The normalized spacial score (nSPS) is 16.3. The molecule has 1 atom stereocenters. The van der Waals surface area contributed by atoms with Crippen LogP contribution in [0.3, 0.4) is 0 Å².